The van der Waals surface area contributed by atoms with E-state index in [2.05, 4.69) is 17.2 Å². The molecule has 0 spiro atoms. The van der Waals surface area contributed by atoms with Gasteiger partial charge in [0.1, 0.15) is 0 Å². The third-order valence-electron chi connectivity index (χ3n) is 3.16. The normalized spacial score (nSPS) is 11.3. The van der Waals surface area contributed by atoms with Crippen LogP contribution in [0.25, 0.3) is 0 Å². The first-order valence-electron chi connectivity index (χ1n) is 6.85. The van der Waals surface area contributed by atoms with E-state index in [-0.39, 0.29) is 6.04 Å². The van der Waals surface area contributed by atoms with Crippen LogP contribution >= 0.6 is 0 Å². The van der Waals surface area contributed by atoms with Gasteiger partial charge in [0.2, 0.25) is 5.75 Å². The quantitative estimate of drug-likeness (QED) is 0.564. The summed E-state index contributed by atoms with van der Waals surface area (Å²) in [6, 6.07) is 3.77. The second-order valence-electron chi connectivity index (χ2n) is 4.34. The summed E-state index contributed by atoms with van der Waals surface area (Å²) in [4.78, 5) is 0. The fourth-order valence-electron chi connectivity index (χ4n) is 2.15. The lowest BCUT2D eigenvalue weighted by Gasteiger charge is -2.22. The number of rotatable bonds is 8. The molecular weight excluding hydrogens is 268 g/mol. The second-order valence-corrected chi connectivity index (χ2v) is 4.34. The van der Waals surface area contributed by atoms with Gasteiger partial charge in [0.15, 0.2) is 11.5 Å². The number of ether oxygens (including phenoxy) is 3. The minimum Gasteiger partial charge on any atom is -0.493 e. The Labute approximate surface area is 126 Å². The van der Waals surface area contributed by atoms with Crippen molar-refractivity contribution >= 4 is 0 Å². The topological polar surface area (TPSA) is 65.7 Å². The summed E-state index contributed by atoms with van der Waals surface area (Å²) in [5.41, 5.74) is 6.83. The fourth-order valence-corrected chi connectivity index (χ4v) is 2.15. The lowest BCUT2D eigenvalue weighted by Crippen LogP contribution is -2.29. The average Bonchev–Trinajstić information content (AvgIpc) is 2.53. The first-order chi connectivity index (χ1) is 10.2. The molecule has 0 aliphatic rings. The minimum absolute atomic E-state index is 0.0292. The number of nitrogens with two attached hydrogens (primary N) is 1. The number of benzene rings is 1. The Hall–Kier alpha value is -1.90. The fraction of sp³-hybridized carbons (Fsp3) is 0.500. The molecule has 0 bridgehead atoms. The van der Waals surface area contributed by atoms with Crippen LogP contribution in [0.3, 0.4) is 0 Å². The maximum Gasteiger partial charge on any atom is 0.203 e. The van der Waals surface area contributed by atoms with Gasteiger partial charge >= 0.3 is 0 Å². The standard InChI is InChI=1S/C16H24N2O3/c1-5-6-7-10-18-13(11-17)12-8-9-14(19-2)16(21-4)15(12)20-3/h8-9,13,18H,7,10-11,17H2,1-4H3. The predicted molar refractivity (Wildman–Crippen MR) is 84.0 cm³/mol. The number of hydrogen-bond donors (Lipinski definition) is 2. The van der Waals surface area contributed by atoms with Gasteiger partial charge in [0, 0.05) is 31.1 Å². The maximum absolute atomic E-state index is 5.88. The van der Waals surface area contributed by atoms with E-state index in [4.69, 9.17) is 19.9 Å². The van der Waals surface area contributed by atoms with Crippen LogP contribution in [0, 0.1) is 11.8 Å². The summed E-state index contributed by atoms with van der Waals surface area (Å²) in [6.45, 7) is 3.05. The van der Waals surface area contributed by atoms with Crippen molar-refractivity contribution in [2.24, 2.45) is 5.73 Å². The van der Waals surface area contributed by atoms with E-state index in [0.717, 1.165) is 18.5 Å². The van der Waals surface area contributed by atoms with E-state index < -0.39 is 0 Å². The number of nitrogens with one attached hydrogen (secondary N) is 1. The van der Waals surface area contributed by atoms with Gasteiger partial charge in [-0.25, -0.2) is 0 Å². The monoisotopic (exact) mass is 292 g/mol. The van der Waals surface area contributed by atoms with Crippen molar-refractivity contribution < 1.29 is 14.2 Å². The second kappa shape index (κ2) is 9.11. The molecule has 1 rings (SSSR count). The van der Waals surface area contributed by atoms with Gasteiger partial charge in [-0.05, 0) is 19.1 Å². The summed E-state index contributed by atoms with van der Waals surface area (Å²) in [7, 11) is 4.79. The Morgan fingerprint density at radius 2 is 1.86 bits per heavy atom. The van der Waals surface area contributed by atoms with Crippen molar-refractivity contribution in [2.75, 3.05) is 34.4 Å². The highest BCUT2D eigenvalue weighted by Crippen LogP contribution is 2.41. The molecular formula is C16H24N2O3. The zero-order valence-corrected chi connectivity index (χ0v) is 13.2. The zero-order chi connectivity index (χ0) is 15.7. The van der Waals surface area contributed by atoms with Crippen LogP contribution in [-0.4, -0.2) is 34.4 Å². The van der Waals surface area contributed by atoms with Crippen LogP contribution in [0.15, 0.2) is 12.1 Å². The smallest absolute Gasteiger partial charge is 0.203 e. The van der Waals surface area contributed by atoms with E-state index in [9.17, 15) is 0 Å². The molecule has 1 unspecified atom stereocenters. The van der Waals surface area contributed by atoms with Crippen LogP contribution in [0.1, 0.15) is 24.9 Å². The molecule has 0 amide bonds. The predicted octanol–water partition coefficient (Wildman–Crippen LogP) is 1.72. The highest BCUT2D eigenvalue weighted by atomic mass is 16.5. The average molecular weight is 292 g/mol. The molecule has 0 aromatic heterocycles. The van der Waals surface area contributed by atoms with Gasteiger partial charge in [-0.15, -0.1) is 11.8 Å². The molecule has 0 aliphatic heterocycles. The molecule has 1 aromatic rings. The molecule has 1 atom stereocenters. The summed E-state index contributed by atoms with van der Waals surface area (Å²) >= 11 is 0. The van der Waals surface area contributed by atoms with Crippen molar-refractivity contribution in [3.63, 3.8) is 0 Å². The Morgan fingerprint density at radius 3 is 2.38 bits per heavy atom. The Balaban J connectivity index is 3.04. The molecule has 1 aromatic carbocycles. The molecule has 0 saturated heterocycles. The molecule has 0 fully saturated rings. The molecule has 21 heavy (non-hydrogen) atoms. The van der Waals surface area contributed by atoms with Crippen LogP contribution in [-0.2, 0) is 0 Å². The third kappa shape index (κ3) is 4.28. The Bertz CT molecular complexity index is 506. The van der Waals surface area contributed by atoms with E-state index in [1.165, 1.54) is 0 Å². The van der Waals surface area contributed by atoms with E-state index >= 15 is 0 Å². The summed E-state index contributed by atoms with van der Waals surface area (Å²) in [5.74, 6) is 7.74. The SMILES string of the molecule is CC#CCCNC(CN)c1ccc(OC)c(OC)c1OC. The largest absolute Gasteiger partial charge is 0.493 e. The summed E-state index contributed by atoms with van der Waals surface area (Å²) in [5, 5.41) is 3.38. The van der Waals surface area contributed by atoms with Crippen LogP contribution in [0.2, 0.25) is 0 Å². The molecule has 0 aliphatic carbocycles. The van der Waals surface area contributed by atoms with Crippen molar-refractivity contribution in [2.45, 2.75) is 19.4 Å². The molecule has 0 saturated carbocycles. The Kier molecular flexibility index (Phi) is 7.44. The Morgan fingerprint density at radius 1 is 1.14 bits per heavy atom. The molecule has 116 valence electrons. The highest BCUT2D eigenvalue weighted by Gasteiger charge is 2.21. The lowest BCUT2D eigenvalue weighted by molar-refractivity contribution is 0.319. The minimum atomic E-state index is -0.0292. The first kappa shape index (κ1) is 17.2. The van der Waals surface area contributed by atoms with Gasteiger partial charge in [0.05, 0.1) is 21.3 Å². The van der Waals surface area contributed by atoms with Gasteiger partial charge in [-0.1, -0.05) is 0 Å². The first-order valence-corrected chi connectivity index (χ1v) is 6.85. The summed E-state index contributed by atoms with van der Waals surface area (Å²) in [6.07, 6.45) is 0.780. The molecule has 0 heterocycles. The van der Waals surface area contributed by atoms with Crippen LogP contribution < -0.4 is 25.3 Å². The highest BCUT2D eigenvalue weighted by molar-refractivity contribution is 5.56. The van der Waals surface area contributed by atoms with Gasteiger partial charge in [0.25, 0.3) is 0 Å². The van der Waals surface area contributed by atoms with Gasteiger partial charge < -0.3 is 25.3 Å². The van der Waals surface area contributed by atoms with Crippen molar-refractivity contribution in [1.82, 2.24) is 5.32 Å². The molecule has 3 N–H and O–H groups in total. The van der Waals surface area contributed by atoms with Crippen molar-refractivity contribution in [3.8, 4) is 29.1 Å². The van der Waals surface area contributed by atoms with Gasteiger partial charge in [-0.2, -0.15) is 0 Å². The maximum atomic E-state index is 5.88. The van der Waals surface area contributed by atoms with E-state index in [1.807, 2.05) is 19.1 Å². The van der Waals surface area contributed by atoms with Crippen molar-refractivity contribution in [1.29, 1.82) is 0 Å². The van der Waals surface area contributed by atoms with Gasteiger partial charge in [-0.3, -0.25) is 0 Å². The summed E-state index contributed by atoms with van der Waals surface area (Å²) < 4.78 is 16.2. The molecule has 0 radical (unpaired) electrons. The lowest BCUT2D eigenvalue weighted by atomic mass is 10.0. The molecule has 5 nitrogen and oxygen atoms in total. The van der Waals surface area contributed by atoms with E-state index in [1.54, 1.807) is 21.3 Å². The van der Waals surface area contributed by atoms with Crippen LogP contribution in [0.4, 0.5) is 0 Å². The third-order valence-corrected chi connectivity index (χ3v) is 3.16. The zero-order valence-electron chi connectivity index (χ0n) is 13.2. The van der Waals surface area contributed by atoms with Crippen molar-refractivity contribution in [3.05, 3.63) is 17.7 Å². The number of methoxy groups -OCH3 is 3. The number of hydrogen-bond acceptors (Lipinski definition) is 5. The molecule has 5 heteroatoms. The van der Waals surface area contributed by atoms with Crippen LogP contribution in [0.5, 0.6) is 17.2 Å². The van der Waals surface area contributed by atoms with E-state index in [0.29, 0.717) is 23.8 Å².